The van der Waals surface area contributed by atoms with Crippen molar-refractivity contribution in [3.8, 4) is 0 Å². The lowest BCUT2D eigenvalue weighted by atomic mass is 10.2. The lowest BCUT2D eigenvalue weighted by molar-refractivity contribution is 0.0635. The highest BCUT2D eigenvalue weighted by atomic mass is 35.5. The Morgan fingerprint density at radius 3 is 2.59 bits per heavy atom. The number of hydrogen-bond donors (Lipinski definition) is 1. The second-order valence-corrected chi connectivity index (χ2v) is 5.57. The summed E-state index contributed by atoms with van der Waals surface area (Å²) in [4.78, 5) is 11.1. The summed E-state index contributed by atoms with van der Waals surface area (Å²) in [6, 6.07) is 0. The van der Waals surface area contributed by atoms with Crippen LogP contribution in [0, 0.1) is 0 Å². The van der Waals surface area contributed by atoms with Crippen LogP contribution in [0.25, 0.3) is 0 Å². The van der Waals surface area contributed by atoms with Crippen LogP contribution in [0.3, 0.4) is 0 Å². The fourth-order valence-corrected chi connectivity index (χ4v) is 2.11. The van der Waals surface area contributed by atoms with Crippen LogP contribution >= 0.6 is 22.9 Å². The van der Waals surface area contributed by atoms with Crippen molar-refractivity contribution < 1.29 is 18.3 Å². The molecule has 0 fully saturated rings. The summed E-state index contributed by atoms with van der Waals surface area (Å²) in [5.74, 6) is 0. The first-order chi connectivity index (χ1) is 7.70. The van der Waals surface area contributed by atoms with Crippen LogP contribution in [0.1, 0.15) is 32.1 Å². The highest BCUT2D eigenvalue weighted by Crippen LogP contribution is 2.38. The number of rotatable bonds is 2. The van der Waals surface area contributed by atoms with Gasteiger partial charge in [0, 0.05) is 5.38 Å². The SMILES string of the molecule is CC(C)(C)OC(=O)Nc1c(Cl)csc1C(F)F. The van der Waals surface area contributed by atoms with Gasteiger partial charge in [-0.3, -0.25) is 5.32 Å². The van der Waals surface area contributed by atoms with Crippen molar-refractivity contribution in [2.45, 2.75) is 32.8 Å². The summed E-state index contributed by atoms with van der Waals surface area (Å²) >= 11 is 6.50. The van der Waals surface area contributed by atoms with E-state index in [2.05, 4.69) is 5.32 Å². The molecule has 0 saturated carbocycles. The Kier molecular flexibility index (Phi) is 4.32. The number of alkyl halides is 2. The van der Waals surface area contributed by atoms with Gasteiger partial charge in [-0.2, -0.15) is 0 Å². The van der Waals surface area contributed by atoms with E-state index in [1.165, 1.54) is 5.38 Å². The molecule has 1 aromatic rings. The molecule has 0 aromatic carbocycles. The highest BCUT2D eigenvalue weighted by molar-refractivity contribution is 7.11. The molecule has 1 aromatic heterocycles. The number of hydrogen-bond acceptors (Lipinski definition) is 3. The van der Waals surface area contributed by atoms with Gasteiger partial charge in [0.2, 0.25) is 0 Å². The van der Waals surface area contributed by atoms with Gasteiger partial charge in [-0.25, -0.2) is 13.6 Å². The molecular weight excluding hydrogens is 272 g/mol. The minimum absolute atomic E-state index is 0.0798. The predicted octanol–water partition coefficient (Wildman–Crippen LogP) is 4.69. The summed E-state index contributed by atoms with van der Waals surface area (Å²) in [7, 11) is 0. The molecule has 0 spiro atoms. The molecule has 0 aliphatic carbocycles. The average molecular weight is 284 g/mol. The maximum absolute atomic E-state index is 12.6. The third-order valence-electron chi connectivity index (χ3n) is 1.60. The highest BCUT2D eigenvalue weighted by Gasteiger charge is 2.23. The number of halogens is 3. The van der Waals surface area contributed by atoms with Crippen molar-refractivity contribution in [2.24, 2.45) is 0 Å². The largest absolute Gasteiger partial charge is 0.444 e. The Morgan fingerprint density at radius 1 is 1.53 bits per heavy atom. The van der Waals surface area contributed by atoms with Crippen LogP contribution in [-0.4, -0.2) is 11.7 Å². The van der Waals surface area contributed by atoms with E-state index >= 15 is 0 Å². The smallest absolute Gasteiger partial charge is 0.412 e. The number of anilines is 1. The topological polar surface area (TPSA) is 38.3 Å². The summed E-state index contributed by atoms with van der Waals surface area (Å²) in [6.07, 6.45) is -3.49. The van der Waals surface area contributed by atoms with Gasteiger partial charge >= 0.3 is 6.09 Å². The Balaban J connectivity index is 2.81. The quantitative estimate of drug-likeness (QED) is 0.855. The van der Waals surface area contributed by atoms with Crippen molar-refractivity contribution in [2.75, 3.05) is 5.32 Å². The van der Waals surface area contributed by atoms with Crippen LogP contribution in [-0.2, 0) is 4.74 Å². The number of ether oxygens (including phenoxy) is 1. The van der Waals surface area contributed by atoms with Gasteiger partial charge in [-0.15, -0.1) is 11.3 Å². The molecule has 3 nitrogen and oxygen atoms in total. The molecule has 0 bridgehead atoms. The number of nitrogens with one attached hydrogen (secondary N) is 1. The van der Waals surface area contributed by atoms with E-state index in [1.807, 2.05) is 0 Å². The summed E-state index contributed by atoms with van der Waals surface area (Å²) < 4.78 is 30.1. The van der Waals surface area contributed by atoms with E-state index in [0.717, 1.165) is 11.3 Å². The van der Waals surface area contributed by atoms with E-state index in [0.29, 0.717) is 0 Å². The molecule has 1 N–H and O–H groups in total. The van der Waals surface area contributed by atoms with E-state index in [-0.39, 0.29) is 15.6 Å². The van der Waals surface area contributed by atoms with Crippen LogP contribution in [0.2, 0.25) is 5.02 Å². The summed E-state index contributed by atoms with van der Waals surface area (Å²) in [5.41, 5.74) is -0.779. The molecular formula is C10H12ClF2NO2S. The number of amides is 1. The van der Waals surface area contributed by atoms with E-state index in [4.69, 9.17) is 16.3 Å². The fourth-order valence-electron chi connectivity index (χ4n) is 1.04. The first-order valence-corrected chi connectivity index (χ1v) is 6.01. The third-order valence-corrected chi connectivity index (χ3v) is 3.02. The van der Waals surface area contributed by atoms with E-state index in [9.17, 15) is 13.6 Å². The molecule has 1 heterocycles. The maximum atomic E-state index is 12.6. The fraction of sp³-hybridized carbons (Fsp3) is 0.500. The van der Waals surface area contributed by atoms with Gasteiger partial charge in [-0.1, -0.05) is 11.6 Å². The van der Waals surface area contributed by atoms with Gasteiger partial charge in [0.15, 0.2) is 0 Å². The monoisotopic (exact) mass is 283 g/mol. The number of thiophene rings is 1. The lowest BCUT2D eigenvalue weighted by Crippen LogP contribution is -2.27. The van der Waals surface area contributed by atoms with Gasteiger partial charge in [0.1, 0.15) is 5.60 Å². The zero-order valence-corrected chi connectivity index (χ0v) is 11.1. The summed E-state index contributed by atoms with van der Waals surface area (Å²) in [5, 5.41) is 3.66. The molecule has 1 rings (SSSR count). The Bertz CT molecular complexity index is 415. The minimum atomic E-state index is -2.68. The molecule has 0 saturated heterocycles. The lowest BCUT2D eigenvalue weighted by Gasteiger charge is -2.19. The third kappa shape index (κ3) is 4.12. The van der Waals surface area contributed by atoms with Gasteiger partial charge in [0.05, 0.1) is 15.6 Å². The predicted molar refractivity (Wildman–Crippen MR) is 64.1 cm³/mol. The number of carbonyl (C=O) groups is 1. The molecule has 0 aliphatic heterocycles. The molecule has 96 valence electrons. The average Bonchev–Trinajstić information content (AvgIpc) is 2.44. The zero-order chi connectivity index (χ0) is 13.2. The van der Waals surface area contributed by atoms with Crippen LogP contribution in [0.15, 0.2) is 5.38 Å². The molecule has 0 unspecified atom stereocenters. The Morgan fingerprint density at radius 2 is 2.12 bits per heavy atom. The molecule has 7 heteroatoms. The Labute approximate surface area is 107 Å². The maximum Gasteiger partial charge on any atom is 0.412 e. The minimum Gasteiger partial charge on any atom is -0.444 e. The van der Waals surface area contributed by atoms with Crippen molar-refractivity contribution in [3.05, 3.63) is 15.3 Å². The molecule has 0 atom stereocenters. The van der Waals surface area contributed by atoms with Crippen molar-refractivity contribution in [1.82, 2.24) is 0 Å². The zero-order valence-electron chi connectivity index (χ0n) is 9.51. The van der Waals surface area contributed by atoms with Crippen LogP contribution < -0.4 is 5.32 Å². The summed E-state index contributed by atoms with van der Waals surface area (Å²) in [6.45, 7) is 5.03. The van der Waals surface area contributed by atoms with E-state index in [1.54, 1.807) is 20.8 Å². The second-order valence-electron chi connectivity index (χ2n) is 4.25. The first-order valence-electron chi connectivity index (χ1n) is 4.75. The molecule has 0 aliphatic rings. The van der Waals surface area contributed by atoms with Crippen LogP contribution in [0.4, 0.5) is 19.3 Å². The first kappa shape index (κ1) is 14.2. The standard InChI is InChI=1S/C10H12ClF2NO2S/c1-10(2,3)16-9(15)14-6-5(11)4-17-7(6)8(12)13/h4,8H,1-3H3,(H,14,15). The van der Waals surface area contributed by atoms with Crippen molar-refractivity contribution in [1.29, 1.82) is 0 Å². The molecule has 0 radical (unpaired) electrons. The van der Waals surface area contributed by atoms with Gasteiger partial charge in [-0.05, 0) is 20.8 Å². The second kappa shape index (κ2) is 5.18. The van der Waals surface area contributed by atoms with Crippen LogP contribution in [0.5, 0.6) is 0 Å². The van der Waals surface area contributed by atoms with Gasteiger partial charge in [0.25, 0.3) is 6.43 Å². The number of carbonyl (C=O) groups excluding carboxylic acids is 1. The van der Waals surface area contributed by atoms with Crippen molar-refractivity contribution >= 4 is 34.7 Å². The Hall–Kier alpha value is -0.880. The molecule has 1 amide bonds. The van der Waals surface area contributed by atoms with Gasteiger partial charge < -0.3 is 4.74 Å². The normalized spacial score (nSPS) is 11.7. The molecule has 17 heavy (non-hydrogen) atoms. The van der Waals surface area contributed by atoms with E-state index < -0.39 is 18.1 Å². The van der Waals surface area contributed by atoms with Crippen molar-refractivity contribution in [3.63, 3.8) is 0 Å².